The second-order valence-electron chi connectivity index (χ2n) is 2.54. The molecule has 1 aromatic carbocycles. The van der Waals surface area contributed by atoms with Gasteiger partial charge in [0, 0.05) is 0 Å². The summed E-state index contributed by atoms with van der Waals surface area (Å²) in [6, 6.07) is 1.47. The SMILES string of the molecule is O=C=Nc1c(Cl)cc(Cl)c2nc(Cl)sc12. The van der Waals surface area contributed by atoms with E-state index < -0.39 is 0 Å². The van der Waals surface area contributed by atoms with Gasteiger partial charge in [0.25, 0.3) is 0 Å². The molecule has 0 aliphatic heterocycles. The molecular weight excluding hydrogens is 279 g/mol. The highest BCUT2D eigenvalue weighted by atomic mass is 35.5. The van der Waals surface area contributed by atoms with Crippen molar-refractivity contribution in [3.63, 3.8) is 0 Å². The Kier molecular flexibility index (Phi) is 2.96. The van der Waals surface area contributed by atoms with E-state index in [0.717, 1.165) is 11.3 Å². The first-order valence-corrected chi connectivity index (χ1v) is 5.60. The zero-order chi connectivity index (χ0) is 11.0. The van der Waals surface area contributed by atoms with Crippen LogP contribution in [-0.4, -0.2) is 11.1 Å². The lowest BCUT2D eigenvalue weighted by Gasteiger charge is -1.98. The molecule has 7 heteroatoms. The Bertz CT molecular complexity index is 589. The highest BCUT2D eigenvalue weighted by molar-refractivity contribution is 7.22. The summed E-state index contributed by atoms with van der Waals surface area (Å²) in [5.74, 6) is 0. The highest BCUT2D eigenvalue weighted by Gasteiger charge is 2.14. The van der Waals surface area contributed by atoms with Crippen LogP contribution in [0, 0.1) is 0 Å². The molecule has 0 amide bonds. The summed E-state index contributed by atoms with van der Waals surface area (Å²) in [7, 11) is 0. The van der Waals surface area contributed by atoms with Crippen molar-refractivity contribution >= 4 is 68.1 Å². The molecular formula is C8HCl3N2OS. The van der Waals surface area contributed by atoms with E-state index in [0.29, 0.717) is 25.4 Å². The standard InChI is InChI=1S/C8HCl3N2OS/c9-3-1-4(10)6-7(5(3)12-2-14)15-8(11)13-6/h1H. The van der Waals surface area contributed by atoms with Gasteiger partial charge in [0.2, 0.25) is 6.08 Å². The lowest BCUT2D eigenvalue weighted by atomic mass is 10.3. The maximum absolute atomic E-state index is 10.2. The molecule has 1 aromatic heterocycles. The number of aliphatic imine (C=N–C) groups is 1. The van der Waals surface area contributed by atoms with Crippen LogP contribution in [-0.2, 0) is 4.79 Å². The predicted octanol–water partition coefficient (Wildman–Crippen LogP) is 4.22. The molecule has 0 fully saturated rings. The van der Waals surface area contributed by atoms with Crippen molar-refractivity contribution in [3.05, 3.63) is 20.6 Å². The Morgan fingerprint density at radius 1 is 1.33 bits per heavy atom. The van der Waals surface area contributed by atoms with Crippen molar-refractivity contribution in [2.75, 3.05) is 0 Å². The molecule has 76 valence electrons. The van der Waals surface area contributed by atoms with Crippen LogP contribution in [0.2, 0.25) is 14.5 Å². The molecule has 0 radical (unpaired) electrons. The highest BCUT2D eigenvalue weighted by Crippen LogP contribution is 2.42. The Morgan fingerprint density at radius 3 is 2.73 bits per heavy atom. The zero-order valence-electron chi connectivity index (χ0n) is 6.92. The molecule has 0 N–H and O–H groups in total. The van der Waals surface area contributed by atoms with Gasteiger partial charge in [-0.1, -0.05) is 34.8 Å². The Hall–Kier alpha value is -0.640. The van der Waals surface area contributed by atoms with Gasteiger partial charge in [-0.2, -0.15) is 4.99 Å². The van der Waals surface area contributed by atoms with Gasteiger partial charge in [0.15, 0.2) is 4.47 Å². The first-order valence-electron chi connectivity index (χ1n) is 3.65. The number of benzene rings is 1. The summed E-state index contributed by atoms with van der Waals surface area (Å²) in [5, 5.41) is 0.652. The minimum absolute atomic E-state index is 0.274. The molecule has 1 heterocycles. The van der Waals surface area contributed by atoms with Gasteiger partial charge in [0.1, 0.15) is 11.2 Å². The zero-order valence-corrected chi connectivity index (χ0v) is 10.0. The fourth-order valence-electron chi connectivity index (χ4n) is 1.12. The molecule has 0 atom stereocenters. The number of aromatic nitrogens is 1. The van der Waals surface area contributed by atoms with Crippen molar-refractivity contribution in [3.8, 4) is 0 Å². The van der Waals surface area contributed by atoms with E-state index in [1.165, 1.54) is 12.1 Å². The van der Waals surface area contributed by atoms with Crippen LogP contribution >= 0.6 is 46.1 Å². The lowest BCUT2D eigenvalue weighted by Crippen LogP contribution is -1.74. The van der Waals surface area contributed by atoms with Crippen LogP contribution in [0.1, 0.15) is 0 Å². The molecule has 2 rings (SSSR count). The van der Waals surface area contributed by atoms with E-state index in [2.05, 4.69) is 9.98 Å². The third-order valence-electron chi connectivity index (χ3n) is 1.68. The summed E-state index contributed by atoms with van der Waals surface area (Å²) < 4.78 is 0.900. The fourth-order valence-corrected chi connectivity index (χ4v) is 2.91. The minimum Gasteiger partial charge on any atom is -0.223 e. The number of isocyanates is 1. The second-order valence-corrected chi connectivity index (χ2v) is 4.93. The maximum Gasteiger partial charge on any atom is 0.240 e. The maximum atomic E-state index is 10.2. The molecule has 0 aliphatic rings. The Balaban J connectivity index is 2.94. The van der Waals surface area contributed by atoms with E-state index in [1.807, 2.05) is 0 Å². The molecule has 0 saturated carbocycles. The number of fused-ring (bicyclic) bond motifs is 1. The van der Waals surface area contributed by atoms with Crippen molar-refractivity contribution < 1.29 is 4.79 Å². The summed E-state index contributed by atoms with van der Waals surface area (Å²) in [6.45, 7) is 0. The average Bonchev–Trinajstić information content (AvgIpc) is 2.55. The monoisotopic (exact) mass is 278 g/mol. The van der Waals surface area contributed by atoms with E-state index in [9.17, 15) is 4.79 Å². The molecule has 0 unspecified atom stereocenters. The number of thiazole rings is 1. The largest absolute Gasteiger partial charge is 0.240 e. The van der Waals surface area contributed by atoms with Gasteiger partial charge in [-0.3, -0.25) is 0 Å². The van der Waals surface area contributed by atoms with Gasteiger partial charge in [-0.25, -0.2) is 9.78 Å². The Morgan fingerprint density at radius 2 is 2.07 bits per heavy atom. The summed E-state index contributed by atoms with van der Waals surface area (Å²) in [4.78, 5) is 17.7. The van der Waals surface area contributed by atoms with Crippen molar-refractivity contribution in [2.45, 2.75) is 0 Å². The third kappa shape index (κ3) is 1.87. The molecule has 3 nitrogen and oxygen atoms in total. The number of nitrogens with zero attached hydrogens (tertiary/aromatic N) is 2. The average molecular weight is 280 g/mol. The van der Waals surface area contributed by atoms with Crippen LogP contribution < -0.4 is 0 Å². The number of halogens is 3. The van der Waals surface area contributed by atoms with Crippen molar-refractivity contribution in [2.24, 2.45) is 4.99 Å². The van der Waals surface area contributed by atoms with Crippen LogP contribution in [0.3, 0.4) is 0 Å². The predicted molar refractivity (Wildman–Crippen MR) is 62.4 cm³/mol. The first-order chi connectivity index (χ1) is 7.13. The van der Waals surface area contributed by atoms with Crippen LogP contribution in [0.4, 0.5) is 5.69 Å². The van der Waals surface area contributed by atoms with Gasteiger partial charge in [0.05, 0.1) is 14.7 Å². The van der Waals surface area contributed by atoms with Crippen molar-refractivity contribution in [1.82, 2.24) is 4.98 Å². The van der Waals surface area contributed by atoms with E-state index >= 15 is 0 Å². The fraction of sp³-hybridized carbons (Fsp3) is 0. The number of rotatable bonds is 1. The van der Waals surface area contributed by atoms with Crippen LogP contribution in [0.15, 0.2) is 11.1 Å². The third-order valence-corrected chi connectivity index (χ3v) is 3.42. The van der Waals surface area contributed by atoms with Crippen molar-refractivity contribution in [1.29, 1.82) is 0 Å². The van der Waals surface area contributed by atoms with Crippen LogP contribution in [0.25, 0.3) is 10.2 Å². The van der Waals surface area contributed by atoms with Crippen LogP contribution in [0.5, 0.6) is 0 Å². The quantitative estimate of drug-likeness (QED) is 0.579. The van der Waals surface area contributed by atoms with Gasteiger partial charge >= 0.3 is 0 Å². The van der Waals surface area contributed by atoms with Gasteiger partial charge in [-0.05, 0) is 6.07 Å². The lowest BCUT2D eigenvalue weighted by molar-refractivity contribution is 0.565. The Labute approximate surface area is 103 Å². The molecule has 0 saturated heterocycles. The molecule has 0 aliphatic carbocycles. The van der Waals surface area contributed by atoms with E-state index in [1.54, 1.807) is 0 Å². The summed E-state index contributed by atoms with van der Waals surface area (Å²) in [6.07, 6.45) is 1.43. The smallest absolute Gasteiger partial charge is 0.223 e. The number of hydrogen-bond donors (Lipinski definition) is 0. The second kappa shape index (κ2) is 4.08. The van der Waals surface area contributed by atoms with Gasteiger partial charge in [-0.15, -0.1) is 11.3 Å². The van der Waals surface area contributed by atoms with E-state index in [4.69, 9.17) is 34.8 Å². The number of hydrogen-bond acceptors (Lipinski definition) is 4. The normalized spacial score (nSPS) is 10.3. The first kappa shape index (κ1) is 10.9. The van der Waals surface area contributed by atoms with E-state index in [-0.39, 0.29) is 5.02 Å². The number of carbonyl (C=O) groups excluding carboxylic acids is 1. The molecule has 0 spiro atoms. The topological polar surface area (TPSA) is 42.3 Å². The molecule has 0 bridgehead atoms. The van der Waals surface area contributed by atoms with Gasteiger partial charge < -0.3 is 0 Å². The summed E-state index contributed by atoms with van der Waals surface area (Å²) >= 11 is 18.7. The summed E-state index contributed by atoms with van der Waals surface area (Å²) in [5.41, 5.74) is 0.792. The minimum atomic E-state index is 0.274. The molecule has 2 aromatic rings. The molecule has 15 heavy (non-hydrogen) atoms.